The quantitative estimate of drug-likeness (QED) is 0.677. The molecule has 1 aromatic heterocycles. The van der Waals surface area contributed by atoms with E-state index in [1.165, 1.54) is 4.57 Å². The van der Waals surface area contributed by atoms with E-state index >= 15 is 0 Å². The highest BCUT2D eigenvalue weighted by Gasteiger charge is 2.18. The lowest BCUT2D eigenvalue weighted by atomic mass is 10.1. The summed E-state index contributed by atoms with van der Waals surface area (Å²) in [6, 6.07) is 15.1. The predicted octanol–water partition coefficient (Wildman–Crippen LogP) is 3.01. The molecule has 0 saturated heterocycles. The van der Waals surface area contributed by atoms with Crippen LogP contribution in [0.4, 0.5) is 5.69 Å². The molecular formula is C23H25N3O3. The molecule has 0 unspecified atom stereocenters. The van der Waals surface area contributed by atoms with Gasteiger partial charge in [-0.15, -0.1) is 0 Å². The lowest BCUT2D eigenvalue weighted by Gasteiger charge is -2.16. The van der Waals surface area contributed by atoms with E-state index < -0.39 is 0 Å². The number of aromatic nitrogens is 2. The highest BCUT2D eigenvalue weighted by molar-refractivity contribution is 5.91. The minimum absolute atomic E-state index is 0.156. The van der Waals surface area contributed by atoms with Crippen LogP contribution in [0.1, 0.15) is 22.4 Å². The van der Waals surface area contributed by atoms with Crippen LogP contribution in [0.25, 0.3) is 11.4 Å². The van der Waals surface area contributed by atoms with E-state index in [2.05, 4.69) is 10.3 Å². The molecule has 0 atom stereocenters. The molecule has 0 bridgehead atoms. The number of anilines is 1. The molecule has 0 spiro atoms. The molecular weight excluding hydrogens is 366 g/mol. The molecule has 2 aromatic carbocycles. The Morgan fingerprint density at radius 2 is 1.83 bits per heavy atom. The number of hydrogen-bond donors (Lipinski definition) is 2. The summed E-state index contributed by atoms with van der Waals surface area (Å²) in [6.07, 6.45) is 0.200. The zero-order valence-corrected chi connectivity index (χ0v) is 16.9. The average molecular weight is 391 g/mol. The van der Waals surface area contributed by atoms with Gasteiger partial charge in [-0.25, -0.2) is 4.98 Å². The first-order valence-corrected chi connectivity index (χ1v) is 9.54. The maximum atomic E-state index is 13.1. The monoisotopic (exact) mass is 391 g/mol. The molecule has 1 heterocycles. The van der Waals surface area contributed by atoms with Gasteiger partial charge in [-0.1, -0.05) is 42.5 Å². The standard InChI is InChI=1S/C23H25N3O3/c1-15-9-10-16(2)20(13-15)25-21(28)14-26-22(18-7-5-4-6-8-18)24-17(3)19(11-12-27)23(26)29/h4-10,13,27H,11-12,14H2,1-3H3,(H,25,28). The van der Waals surface area contributed by atoms with Crippen LogP contribution in [0, 0.1) is 20.8 Å². The van der Waals surface area contributed by atoms with Gasteiger partial charge in [0.25, 0.3) is 5.56 Å². The molecule has 1 amide bonds. The fraction of sp³-hybridized carbons (Fsp3) is 0.261. The third kappa shape index (κ3) is 4.60. The second-order valence-electron chi connectivity index (χ2n) is 7.10. The normalized spacial score (nSPS) is 10.8. The predicted molar refractivity (Wildman–Crippen MR) is 114 cm³/mol. The second-order valence-corrected chi connectivity index (χ2v) is 7.10. The molecule has 6 nitrogen and oxygen atoms in total. The molecule has 0 aliphatic rings. The lowest BCUT2D eigenvalue weighted by Crippen LogP contribution is -2.33. The average Bonchev–Trinajstić information content (AvgIpc) is 2.70. The number of amides is 1. The van der Waals surface area contributed by atoms with Gasteiger partial charge >= 0.3 is 0 Å². The fourth-order valence-corrected chi connectivity index (χ4v) is 3.26. The topological polar surface area (TPSA) is 84.2 Å². The van der Waals surface area contributed by atoms with Gasteiger partial charge < -0.3 is 10.4 Å². The van der Waals surface area contributed by atoms with E-state index in [9.17, 15) is 14.7 Å². The third-order valence-electron chi connectivity index (χ3n) is 4.83. The number of aliphatic hydroxyl groups is 1. The first-order valence-electron chi connectivity index (χ1n) is 9.54. The van der Waals surface area contributed by atoms with Gasteiger partial charge in [0, 0.05) is 35.5 Å². The zero-order valence-electron chi connectivity index (χ0n) is 16.9. The van der Waals surface area contributed by atoms with E-state index in [1.807, 2.05) is 62.4 Å². The van der Waals surface area contributed by atoms with Crippen molar-refractivity contribution in [3.05, 3.63) is 81.3 Å². The summed E-state index contributed by atoms with van der Waals surface area (Å²) in [6.45, 7) is 5.31. The number of carbonyl (C=O) groups is 1. The Morgan fingerprint density at radius 3 is 2.52 bits per heavy atom. The smallest absolute Gasteiger partial charge is 0.257 e. The van der Waals surface area contributed by atoms with Crippen LogP contribution >= 0.6 is 0 Å². The number of aliphatic hydroxyl groups excluding tert-OH is 1. The van der Waals surface area contributed by atoms with Crippen LogP contribution < -0.4 is 10.9 Å². The molecule has 0 aliphatic heterocycles. The molecule has 29 heavy (non-hydrogen) atoms. The number of nitrogens with one attached hydrogen (secondary N) is 1. The Bertz CT molecular complexity index is 1090. The zero-order chi connectivity index (χ0) is 21.0. The summed E-state index contributed by atoms with van der Waals surface area (Å²) in [7, 11) is 0. The Balaban J connectivity index is 2.02. The van der Waals surface area contributed by atoms with Crippen LogP contribution in [0.3, 0.4) is 0 Å². The Morgan fingerprint density at radius 1 is 1.10 bits per heavy atom. The third-order valence-corrected chi connectivity index (χ3v) is 4.83. The van der Waals surface area contributed by atoms with Crippen molar-refractivity contribution in [2.75, 3.05) is 11.9 Å². The molecule has 0 aliphatic carbocycles. The van der Waals surface area contributed by atoms with Crippen molar-refractivity contribution in [2.24, 2.45) is 0 Å². The Kier molecular flexibility index (Phi) is 6.24. The van der Waals surface area contributed by atoms with E-state index in [4.69, 9.17) is 0 Å². The molecule has 150 valence electrons. The number of nitrogens with zero attached hydrogens (tertiary/aromatic N) is 2. The van der Waals surface area contributed by atoms with Crippen molar-refractivity contribution in [2.45, 2.75) is 33.7 Å². The Labute approximate surface area is 169 Å². The summed E-state index contributed by atoms with van der Waals surface area (Å²) >= 11 is 0. The molecule has 2 N–H and O–H groups in total. The van der Waals surface area contributed by atoms with Gasteiger partial charge in [-0.2, -0.15) is 0 Å². The number of hydrogen-bond acceptors (Lipinski definition) is 4. The molecule has 6 heteroatoms. The van der Waals surface area contributed by atoms with Gasteiger partial charge in [0.2, 0.25) is 5.91 Å². The SMILES string of the molecule is Cc1ccc(C)c(NC(=O)Cn2c(-c3ccccc3)nc(C)c(CCO)c2=O)c1. The molecule has 3 rings (SSSR count). The number of carbonyl (C=O) groups excluding carboxylic acids is 1. The minimum atomic E-state index is -0.307. The van der Waals surface area contributed by atoms with Gasteiger partial charge in [-0.05, 0) is 38.0 Å². The van der Waals surface area contributed by atoms with Crippen LogP contribution in [-0.2, 0) is 17.8 Å². The largest absolute Gasteiger partial charge is 0.396 e. The Hall–Kier alpha value is -3.25. The second kappa shape index (κ2) is 8.84. The first kappa shape index (κ1) is 20.5. The van der Waals surface area contributed by atoms with Crippen LogP contribution in [-0.4, -0.2) is 27.2 Å². The summed E-state index contributed by atoms with van der Waals surface area (Å²) in [5.74, 6) is 0.129. The van der Waals surface area contributed by atoms with Gasteiger partial charge in [-0.3, -0.25) is 14.2 Å². The molecule has 0 radical (unpaired) electrons. The minimum Gasteiger partial charge on any atom is -0.396 e. The van der Waals surface area contributed by atoms with Gasteiger partial charge in [0.05, 0.1) is 0 Å². The van der Waals surface area contributed by atoms with Crippen LogP contribution in [0.2, 0.25) is 0 Å². The molecule has 0 saturated carbocycles. The highest BCUT2D eigenvalue weighted by Crippen LogP contribution is 2.19. The number of benzene rings is 2. The van der Waals surface area contributed by atoms with E-state index in [0.29, 0.717) is 17.1 Å². The summed E-state index contributed by atoms with van der Waals surface area (Å²) in [4.78, 5) is 30.5. The van der Waals surface area contributed by atoms with E-state index in [0.717, 1.165) is 22.4 Å². The maximum absolute atomic E-state index is 13.1. The van der Waals surface area contributed by atoms with Crippen molar-refractivity contribution in [1.82, 2.24) is 9.55 Å². The number of aryl methyl sites for hydroxylation is 3. The lowest BCUT2D eigenvalue weighted by molar-refractivity contribution is -0.116. The van der Waals surface area contributed by atoms with Crippen LogP contribution in [0.5, 0.6) is 0 Å². The van der Waals surface area contributed by atoms with Crippen molar-refractivity contribution in [3.63, 3.8) is 0 Å². The van der Waals surface area contributed by atoms with E-state index in [-0.39, 0.29) is 31.0 Å². The summed E-state index contributed by atoms with van der Waals surface area (Å²) in [5, 5.41) is 12.2. The summed E-state index contributed by atoms with van der Waals surface area (Å²) < 4.78 is 1.38. The van der Waals surface area contributed by atoms with Crippen LogP contribution in [0.15, 0.2) is 53.3 Å². The van der Waals surface area contributed by atoms with Crippen molar-refractivity contribution < 1.29 is 9.90 Å². The van der Waals surface area contributed by atoms with E-state index in [1.54, 1.807) is 6.92 Å². The number of rotatable bonds is 6. The van der Waals surface area contributed by atoms with Gasteiger partial charge in [0.15, 0.2) is 0 Å². The maximum Gasteiger partial charge on any atom is 0.257 e. The molecule has 0 fully saturated rings. The first-order chi connectivity index (χ1) is 13.9. The fourth-order valence-electron chi connectivity index (χ4n) is 3.26. The highest BCUT2D eigenvalue weighted by atomic mass is 16.3. The van der Waals surface area contributed by atoms with Crippen molar-refractivity contribution in [3.8, 4) is 11.4 Å². The molecule has 3 aromatic rings. The van der Waals surface area contributed by atoms with Gasteiger partial charge in [0.1, 0.15) is 12.4 Å². The summed E-state index contributed by atoms with van der Waals surface area (Å²) in [5.41, 5.74) is 4.14. The van der Waals surface area contributed by atoms with Crippen molar-refractivity contribution >= 4 is 11.6 Å². The van der Waals surface area contributed by atoms with Crippen molar-refractivity contribution in [1.29, 1.82) is 0 Å².